The number of fused-ring (bicyclic) bond motifs is 2. The zero-order chi connectivity index (χ0) is 27.5. The zero-order valence-electron chi connectivity index (χ0n) is 22.4. The smallest absolute Gasteiger partial charge is 0.252 e. The van der Waals surface area contributed by atoms with E-state index in [0.717, 1.165) is 51.5 Å². The lowest BCUT2D eigenvalue weighted by molar-refractivity contribution is 0.161. The summed E-state index contributed by atoms with van der Waals surface area (Å²) in [5.74, 6) is 2.92. The van der Waals surface area contributed by atoms with Gasteiger partial charge in [0.05, 0.1) is 19.7 Å². The van der Waals surface area contributed by atoms with Crippen molar-refractivity contribution < 1.29 is 14.2 Å². The van der Waals surface area contributed by atoms with Gasteiger partial charge in [0.1, 0.15) is 5.75 Å². The highest BCUT2D eigenvalue weighted by Crippen LogP contribution is 2.34. The number of aromatic amines is 1. The Morgan fingerprint density at radius 2 is 1.85 bits per heavy atom. The normalized spacial score (nSPS) is 13.2. The molecule has 1 aliphatic rings. The maximum Gasteiger partial charge on any atom is 0.252 e. The highest BCUT2D eigenvalue weighted by Gasteiger charge is 2.27. The molecule has 1 aliphatic heterocycles. The molecule has 1 N–H and O–H groups in total. The Morgan fingerprint density at radius 1 is 1.00 bits per heavy atom. The summed E-state index contributed by atoms with van der Waals surface area (Å²) in [7, 11) is 1.63. The van der Waals surface area contributed by atoms with E-state index in [0.29, 0.717) is 25.2 Å². The topological polar surface area (TPSA) is 107 Å². The number of pyridine rings is 1. The molecule has 0 fully saturated rings. The molecule has 0 saturated carbocycles. The standard InChI is InChI=1S/C30H30N6O4/c1-3-26(29-32-33-34-36(29)17-20-7-5-4-6-8-20)35(16-21-9-12-27-28(13-21)40-19-39-27)18-23-14-22-15-24(38-2)10-11-25(22)31-30(23)37/h4-15,26H,3,16-19H2,1-2H3,(H,31,37). The molecule has 3 heterocycles. The maximum atomic E-state index is 13.2. The second-order valence-corrected chi connectivity index (χ2v) is 9.77. The molecule has 0 bridgehead atoms. The van der Waals surface area contributed by atoms with Gasteiger partial charge in [-0.2, -0.15) is 0 Å². The number of hydrogen-bond acceptors (Lipinski definition) is 8. The van der Waals surface area contributed by atoms with Crippen molar-refractivity contribution in [1.29, 1.82) is 0 Å². The number of tetrazole rings is 1. The number of methoxy groups -OCH3 is 1. The third-order valence-corrected chi connectivity index (χ3v) is 7.18. The van der Waals surface area contributed by atoms with Crippen molar-refractivity contribution in [3.63, 3.8) is 0 Å². The first-order valence-electron chi connectivity index (χ1n) is 13.2. The number of benzene rings is 3. The minimum atomic E-state index is -0.162. The summed E-state index contributed by atoms with van der Waals surface area (Å²) in [6.07, 6.45) is 0.735. The molecule has 1 atom stereocenters. The lowest BCUT2D eigenvalue weighted by Gasteiger charge is -2.30. The lowest BCUT2D eigenvalue weighted by Crippen LogP contribution is -2.32. The van der Waals surface area contributed by atoms with Crippen molar-refractivity contribution in [3.05, 3.63) is 106 Å². The van der Waals surface area contributed by atoms with Crippen LogP contribution in [0.2, 0.25) is 0 Å². The Bertz CT molecular complexity index is 1680. The number of nitrogens with one attached hydrogen (secondary N) is 1. The molecule has 204 valence electrons. The Balaban J connectivity index is 1.38. The minimum absolute atomic E-state index is 0.132. The second kappa shape index (κ2) is 11.2. The lowest BCUT2D eigenvalue weighted by atomic mass is 10.1. The molecule has 0 spiro atoms. The molecule has 0 radical (unpaired) electrons. The predicted octanol–water partition coefficient (Wildman–Crippen LogP) is 4.45. The average Bonchev–Trinajstić information content (AvgIpc) is 3.63. The summed E-state index contributed by atoms with van der Waals surface area (Å²) in [6, 6.07) is 23.4. The van der Waals surface area contributed by atoms with E-state index in [1.807, 2.05) is 65.3 Å². The van der Waals surface area contributed by atoms with Crippen LogP contribution >= 0.6 is 0 Å². The summed E-state index contributed by atoms with van der Waals surface area (Å²) in [5, 5.41) is 13.7. The van der Waals surface area contributed by atoms with Crippen LogP contribution in [0, 0.1) is 0 Å². The summed E-state index contributed by atoms with van der Waals surface area (Å²) < 4.78 is 18.4. The van der Waals surface area contributed by atoms with E-state index in [1.165, 1.54) is 0 Å². The van der Waals surface area contributed by atoms with Crippen molar-refractivity contribution in [3.8, 4) is 17.2 Å². The predicted molar refractivity (Wildman–Crippen MR) is 149 cm³/mol. The fourth-order valence-electron chi connectivity index (χ4n) is 5.17. The van der Waals surface area contributed by atoms with Crippen LogP contribution < -0.4 is 19.8 Å². The SMILES string of the molecule is CCC(c1nnnn1Cc1ccccc1)N(Cc1ccc2c(c1)OCO2)Cc1cc2cc(OC)ccc2[nH]c1=O. The number of H-pyrrole nitrogens is 1. The first-order valence-corrected chi connectivity index (χ1v) is 13.2. The molecular formula is C30H30N6O4. The summed E-state index contributed by atoms with van der Waals surface area (Å²) >= 11 is 0. The molecular weight excluding hydrogens is 508 g/mol. The molecule has 10 nitrogen and oxygen atoms in total. The average molecular weight is 539 g/mol. The van der Waals surface area contributed by atoms with E-state index < -0.39 is 0 Å². The third kappa shape index (κ3) is 5.26. The van der Waals surface area contributed by atoms with Crippen LogP contribution in [0.5, 0.6) is 17.2 Å². The molecule has 6 rings (SSSR count). The Kier molecular flexibility index (Phi) is 7.15. The highest BCUT2D eigenvalue weighted by molar-refractivity contribution is 5.80. The van der Waals surface area contributed by atoms with Gasteiger partial charge in [-0.1, -0.05) is 43.3 Å². The molecule has 40 heavy (non-hydrogen) atoms. The van der Waals surface area contributed by atoms with Gasteiger partial charge in [0.25, 0.3) is 5.56 Å². The molecule has 5 aromatic rings. The molecule has 3 aromatic carbocycles. The number of ether oxygens (including phenoxy) is 3. The van der Waals surface area contributed by atoms with E-state index >= 15 is 0 Å². The van der Waals surface area contributed by atoms with Crippen molar-refractivity contribution in [1.82, 2.24) is 30.1 Å². The molecule has 10 heteroatoms. The van der Waals surface area contributed by atoms with E-state index in [-0.39, 0.29) is 18.4 Å². The van der Waals surface area contributed by atoms with E-state index in [2.05, 4.69) is 44.5 Å². The van der Waals surface area contributed by atoms with Crippen LogP contribution in [0.3, 0.4) is 0 Å². The summed E-state index contributed by atoms with van der Waals surface area (Å²) in [4.78, 5) is 18.5. The molecule has 0 aliphatic carbocycles. The molecule has 1 unspecified atom stereocenters. The second-order valence-electron chi connectivity index (χ2n) is 9.77. The van der Waals surface area contributed by atoms with Crippen molar-refractivity contribution in [2.24, 2.45) is 0 Å². The van der Waals surface area contributed by atoms with Gasteiger partial charge in [0.2, 0.25) is 6.79 Å². The number of aromatic nitrogens is 5. The Hall–Kier alpha value is -4.70. The fraction of sp³-hybridized carbons (Fsp3) is 0.267. The first-order chi connectivity index (χ1) is 19.6. The monoisotopic (exact) mass is 538 g/mol. The number of hydrogen-bond donors (Lipinski definition) is 1. The number of rotatable bonds is 10. The van der Waals surface area contributed by atoms with E-state index in [9.17, 15) is 4.79 Å². The maximum absolute atomic E-state index is 13.2. The van der Waals surface area contributed by atoms with Crippen LogP contribution in [0.15, 0.2) is 77.6 Å². The van der Waals surface area contributed by atoms with Gasteiger partial charge in [-0.05, 0) is 64.4 Å². The van der Waals surface area contributed by atoms with Gasteiger partial charge < -0.3 is 19.2 Å². The Labute approximate surface area is 231 Å². The third-order valence-electron chi connectivity index (χ3n) is 7.18. The highest BCUT2D eigenvalue weighted by atomic mass is 16.7. The first kappa shape index (κ1) is 25.6. The van der Waals surface area contributed by atoms with Gasteiger partial charge in [0, 0.05) is 29.6 Å². The van der Waals surface area contributed by atoms with Crippen molar-refractivity contribution >= 4 is 10.9 Å². The van der Waals surface area contributed by atoms with Crippen LogP contribution in [-0.4, -0.2) is 44.0 Å². The summed E-state index contributed by atoms with van der Waals surface area (Å²) in [6.45, 7) is 3.79. The molecule has 0 amide bonds. The molecule has 0 saturated heterocycles. The fourth-order valence-corrected chi connectivity index (χ4v) is 5.17. The largest absolute Gasteiger partial charge is 0.497 e. The Morgan fingerprint density at radius 3 is 2.67 bits per heavy atom. The zero-order valence-corrected chi connectivity index (χ0v) is 22.4. The van der Waals surface area contributed by atoms with Gasteiger partial charge in [-0.25, -0.2) is 4.68 Å². The van der Waals surface area contributed by atoms with E-state index in [1.54, 1.807) is 7.11 Å². The molecule has 2 aromatic heterocycles. The van der Waals surface area contributed by atoms with Crippen LogP contribution in [0.25, 0.3) is 10.9 Å². The van der Waals surface area contributed by atoms with Crippen molar-refractivity contribution in [2.75, 3.05) is 13.9 Å². The summed E-state index contributed by atoms with van der Waals surface area (Å²) in [5.41, 5.74) is 3.40. The van der Waals surface area contributed by atoms with E-state index in [4.69, 9.17) is 14.2 Å². The van der Waals surface area contributed by atoms with Gasteiger partial charge in [-0.15, -0.1) is 5.10 Å². The van der Waals surface area contributed by atoms with Crippen LogP contribution in [0.1, 0.15) is 41.9 Å². The van der Waals surface area contributed by atoms with Crippen LogP contribution in [0.4, 0.5) is 0 Å². The van der Waals surface area contributed by atoms with Gasteiger partial charge in [-0.3, -0.25) is 9.69 Å². The van der Waals surface area contributed by atoms with Crippen molar-refractivity contribution in [2.45, 2.75) is 39.0 Å². The van der Waals surface area contributed by atoms with Gasteiger partial charge >= 0.3 is 0 Å². The van der Waals surface area contributed by atoms with Gasteiger partial charge in [0.15, 0.2) is 17.3 Å². The quantitative estimate of drug-likeness (QED) is 0.278. The minimum Gasteiger partial charge on any atom is -0.497 e. The van der Waals surface area contributed by atoms with Crippen LogP contribution in [-0.2, 0) is 19.6 Å². The number of nitrogens with zero attached hydrogens (tertiary/aromatic N) is 5.